The number of para-hydroxylation sites is 2. The van der Waals surface area contributed by atoms with Gasteiger partial charge < -0.3 is 14.3 Å². The Morgan fingerprint density at radius 3 is 1.95 bits per heavy atom. The molecule has 5 nitrogen and oxygen atoms in total. The van der Waals surface area contributed by atoms with Gasteiger partial charge in [0.15, 0.2) is 0 Å². The molecule has 57 heavy (non-hydrogen) atoms. The van der Waals surface area contributed by atoms with E-state index in [0.29, 0.717) is 0 Å². The number of furan rings is 1. The normalized spacial score (nSPS) is 15.9. The summed E-state index contributed by atoms with van der Waals surface area (Å²) in [5.74, 6) is 0.888. The molecule has 1 aliphatic rings. The minimum absolute atomic E-state index is 0.0766. The number of hydrogen-bond donors (Lipinski definition) is 2. The molecule has 2 atom stereocenters. The highest BCUT2D eigenvalue weighted by Crippen LogP contribution is 2.42. The highest BCUT2D eigenvalue weighted by atomic mass is 32.1. The molecular weight excluding hydrogens is 717 g/mol. The summed E-state index contributed by atoms with van der Waals surface area (Å²) in [5, 5.41) is 14.7. The zero-order valence-electron chi connectivity index (χ0n) is 30.7. The van der Waals surface area contributed by atoms with Crippen molar-refractivity contribution >= 4 is 81.1 Å². The Morgan fingerprint density at radius 2 is 1.16 bits per heavy atom. The van der Waals surface area contributed by atoms with Crippen LogP contribution in [-0.4, -0.2) is 10.4 Å². The van der Waals surface area contributed by atoms with Gasteiger partial charge in [-0.05, 0) is 70.8 Å². The van der Waals surface area contributed by atoms with Crippen molar-refractivity contribution in [2.24, 2.45) is 4.99 Å². The molecule has 2 N–H and O–H groups in total. The first-order valence-corrected chi connectivity index (χ1v) is 20.2. The molecule has 4 heterocycles. The average molecular weight is 751 g/mol. The second kappa shape index (κ2) is 12.8. The van der Waals surface area contributed by atoms with Crippen molar-refractivity contribution in [1.29, 1.82) is 0 Å². The van der Waals surface area contributed by atoms with Crippen LogP contribution in [0.25, 0.3) is 80.7 Å². The van der Waals surface area contributed by atoms with Crippen molar-refractivity contribution in [3.05, 3.63) is 199 Å². The second-order valence-electron chi connectivity index (χ2n) is 14.8. The number of nitrogens with zero attached hydrogens (tertiary/aromatic N) is 2. The van der Waals surface area contributed by atoms with Crippen molar-refractivity contribution in [3.8, 4) is 16.8 Å². The summed E-state index contributed by atoms with van der Waals surface area (Å²) < 4.78 is 11.4. The van der Waals surface area contributed by atoms with E-state index in [0.717, 1.165) is 50.2 Å². The number of aliphatic imine (C=N–C) groups is 1. The summed E-state index contributed by atoms with van der Waals surface area (Å²) in [6, 6.07) is 65.0. The topological polar surface area (TPSA) is 54.5 Å². The molecule has 0 aliphatic carbocycles. The molecule has 11 aromatic rings. The fraction of sp³-hybridized carbons (Fsp3) is 0.0392. The fourth-order valence-electron chi connectivity index (χ4n) is 8.79. The van der Waals surface area contributed by atoms with Crippen molar-refractivity contribution in [2.75, 3.05) is 0 Å². The van der Waals surface area contributed by atoms with Crippen LogP contribution in [0.5, 0.6) is 0 Å². The van der Waals surface area contributed by atoms with Crippen molar-refractivity contribution < 1.29 is 4.42 Å². The molecule has 8 aromatic carbocycles. The van der Waals surface area contributed by atoms with E-state index in [-0.39, 0.29) is 12.3 Å². The average Bonchev–Trinajstić information content (AvgIpc) is 3.95. The summed E-state index contributed by atoms with van der Waals surface area (Å²) in [4.78, 5) is 5.20. The number of nitrogens with one attached hydrogen (secondary N) is 2. The molecule has 270 valence electrons. The Kier molecular flexibility index (Phi) is 7.24. The van der Waals surface area contributed by atoms with Gasteiger partial charge in [0, 0.05) is 41.9 Å². The zero-order valence-corrected chi connectivity index (χ0v) is 31.5. The molecule has 3 aromatic heterocycles. The summed E-state index contributed by atoms with van der Waals surface area (Å²) in [7, 11) is 0. The first-order chi connectivity index (χ1) is 28.2. The van der Waals surface area contributed by atoms with Gasteiger partial charge >= 0.3 is 0 Å². The van der Waals surface area contributed by atoms with Gasteiger partial charge in [-0.3, -0.25) is 5.32 Å². The van der Waals surface area contributed by atoms with Crippen LogP contribution in [0.2, 0.25) is 0 Å². The summed E-state index contributed by atoms with van der Waals surface area (Å²) in [5.41, 5.74) is 11.0. The monoisotopic (exact) mass is 750 g/mol. The maximum absolute atomic E-state index is 6.51. The van der Waals surface area contributed by atoms with E-state index in [1.54, 1.807) is 0 Å². The lowest BCUT2D eigenvalue weighted by Crippen LogP contribution is -2.44. The van der Waals surface area contributed by atoms with Crippen molar-refractivity contribution in [2.45, 2.75) is 12.3 Å². The van der Waals surface area contributed by atoms with E-state index in [1.165, 1.54) is 53.1 Å². The van der Waals surface area contributed by atoms with Crippen LogP contribution in [-0.2, 0) is 0 Å². The van der Waals surface area contributed by atoms with E-state index < -0.39 is 0 Å². The van der Waals surface area contributed by atoms with Gasteiger partial charge in [0.2, 0.25) is 0 Å². The van der Waals surface area contributed by atoms with Crippen LogP contribution in [0.1, 0.15) is 29.0 Å². The number of amidine groups is 1. The van der Waals surface area contributed by atoms with Crippen molar-refractivity contribution in [3.63, 3.8) is 0 Å². The summed E-state index contributed by atoms with van der Waals surface area (Å²) >= 11 is 1.84. The van der Waals surface area contributed by atoms with Gasteiger partial charge in [-0.25, -0.2) is 4.99 Å². The number of rotatable bonds is 5. The largest absolute Gasteiger partial charge is 0.456 e. The van der Waals surface area contributed by atoms with E-state index in [9.17, 15) is 0 Å². The summed E-state index contributed by atoms with van der Waals surface area (Å²) in [6.07, 6.45) is -0.284. The highest BCUT2D eigenvalue weighted by Gasteiger charge is 2.26. The van der Waals surface area contributed by atoms with Gasteiger partial charge in [0.05, 0.1) is 22.1 Å². The Morgan fingerprint density at radius 1 is 0.491 bits per heavy atom. The third kappa shape index (κ3) is 5.22. The van der Waals surface area contributed by atoms with Crippen LogP contribution >= 0.6 is 11.3 Å². The molecule has 0 spiro atoms. The Hall–Kier alpha value is -6.99. The van der Waals surface area contributed by atoms with E-state index in [1.807, 2.05) is 17.4 Å². The number of thiophene rings is 1. The number of fused-ring (bicyclic) bond motifs is 9. The number of hydrogen-bond acceptors (Lipinski definition) is 5. The lowest BCUT2D eigenvalue weighted by atomic mass is 10.0. The third-order valence-electron chi connectivity index (χ3n) is 11.5. The molecule has 12 rings (SSSR count). The molecule has 2 unspecified atom stereocenters. The molecule has 0 radical (unpaired) electrons. The molecule has 0 bridgehead atoms. The van der Waals surface area contributed by atoms with Gasteiger partial charge in [-0.1, -0.05) is 133 Å². The lowest BCUT2D eigenvalue weighted by molar-refractivity contribution is 0.409. The second-order valence-corrected chi connectivity index (χ2v) is 15.9. The number of aromatic nitrogens is 1. The predicted octanol–water partition coefficient (Wildman–Crippen LogP) is 13.1. The van der Waals surface area contributed by atoms with E-state index >= 15 is 0 Å². The predicted molar refractivity (Wildman–Crippen MR) is 238 cm³/mol. The highest BCUT2D eigenvalue weighted by molar-refractivity contribution is 7.25. The smallest absolute Gasteiger partial charge is 0.137 e. The van der Waals surface area contributed by atoms with Crippen LogP contribution in [0.4, 0.5) is 0 Å². The number of benzene rings is 8. The molecule has 6 heteroatoms. The molecule has 0 saturated heterocycles. The van der Waals surface area contributed by atoms with E-state index in [2.05, 4.69) is 191 Å². The van der Waals surface area contributed by atoms with Crippen LogP contribution in [0.3, 0.4) is 0 Å². The third-order valence-corrected chi connectivity index (χ3v) is 12.6. The van der Waals surface area contributed by atoms with Crippen LogP contribution in [0, 0.1) is 0 Å². The Balaban J connectivity index is 0.946. The molecular formula is C51H34N4OS. The SMILES string of the molecule is c1ccc(C2=NC(c3ccc4c(c3)sc3cc(-c5ccc6oc7cccc(-n8c9ccccc9c9ccccc98)c7c6c5)ccc34)NC(c3ccccc3)N2)cc1. The molecule has 0 fully saturated rings. The van der Waals surface area contributed by atoms with Crippen molar-refractivity contribution in [1.82, 2.24) is 15.2 Å². The molecule has 0 amide bonds. The van der Waals surface area contributed by atoms with Crippen LogP contribution < -0.4 is 10.6 Å². The molecule has 0 saturated carbocycles. The minimum Gasteiger partial charge on any atom is -0.456 e. The standard InChI is InChI=1S/C51H34N4OS/c1-3-12-31(13-4-1)49-52-50(32-14-5-2-6-15-32)54-51(53-49)35-23-26-39-38-25-22-34(29-46(38)57-47(39)30-35)33-24-27-44-40(28-33)48-43(20-11-21-45(48)56-44)55-41-18-9-7-16-36(41)37-17-8-10-19-42(37)55/h1-30,49,51,53H,(H,52,54). The zero-order chi connectivity index (χ0) is 37.5. The van der Waals surface area contributed by atoms with Gasteiger partial charge in [0.1, 0.15) is 29.3 Å². The van der Waals surface area contributed by atoms with Gasteiger partial charge in [-0.15, -0.1) is 11.3 Å². The lowest BCUT2D eigenvalue weighted by Gasteiger charge is -2.32. The Bertz CT molecular complexity index is 3320. The van der Waals surface area contributed by atoms with E-state index in [4.69, 9.17) is 9.41 Å². The van der Waals surface area contributed by atoms with Gasteiger partial charge in [-0.2, -0.15) is 0 Å². The first-order valence-electron chi connectivity index (χ1n) is 19.3. The van der Waals surface area contributed by atoms with Gasteiger partial charge in [0.25, 0.3) is 0 Å². The summed E-state index contributed by atoms with van der Waals surface area (Å²) in [6.45, 7) is 0. The quantitative estimate of drug-likeness (QED) is 0.184. The molecule has 1 aliphatic heterocycles. The van der Waals surface area contributed by atoms with Crippen LogP contribution in [0.15, 0.2) is 191 Å². The maximum atomic E-state index is 6.51. The minimum atomic E-state index is -0.208. The maximum Gasteiger partial charge on any atom is 0.137 e. The Labute approximate surface area is 332 Å². The first kappa shape index (κ1) is 32.3. The fourth-order valence-corrected chi connectivity index (χ4v) is 9.98.